The molecule has 2 rings (SSSR count). The van der Waals surface area contributed by atoms with Gasteiger partial charge >= 0.3 is 0 Å². The number of carbonyl (C=O) groups is 1. The number of benzene rings is 1. The smallest absolute Gasteiger partial charge is 0.251 e. The largest absolute Gasteiger partial charge is 0.352 e. The first-order valence-electron chi connectivity index (χ1n) is 6.01. The van der Waals surface area contributed by atoms with Gasteiger partial charge in [0.15, 0.2) is 0 Å². The van der Waals surface area contributed by atoms with Crippen LogP contribution in [-0.2, 0) is 7.05 Å². The Morgan fingerprint density at radius 1 is 1.56 bits per heavy atom. The Morgan fingerprint density at radius 3 is 3.06 bits per heavy atom. The molecule has 1 unspecified atom stereocenters. The quantitative estimate of drug-likeness (QED) is 0.841. The minimum absolute atomic E-state index is 0.0807. The summed E-state index contributed by atoms with van der Waals surface area (Å²) < 4.78 is 1.92. The number of imidazole rings is 1. The van der Waals surface area contributed by atoms with E-state index in [4.69, 9.17) is 5.73 Å². The molecule has 0 bridgehead atoms. The summed E-state index contributed by atoms with van der Waals surface area (Å²) in [6, 6.07) is 5.52. The van der Waals surface area contributed by atoms with Crippen molar-refractivity contribution in [1.29, 1.82) is 0 Å². The normalized spacial score (nSPS) is 12.6. The lowest BCUT2D eigenvalue weighted by Gasteiger charge is -2.10. The van der Waals surface area contributed by atoms with Crippen LogP contribution in [0.2, 0.25) is 0 Å². The van der Waals surface area contributed by atoms with Gasteiger partial charge in [0.25, 0.3) is 5.91 Å². The Balaban J connectivity index is 2.13. The fraction of sp³-hybridized carbons (Fsp3) is 0.385. The van der Waals surface area contributed by atoms with Gasteiger partial charge in [-0.3, -0.25) is 4.79 Å². The van der Waals surface area contributed by atoms with Gasteiger partial charge in [-0.2, -0.15) is 0 Å². The maximum absolute atomic E-state index is 11.9. The van der Waals surface area contributed by atoms with Gasteiger partial charge < -0.3 is 15.6 Å². The molecule has 0 saturated carbocycles. The molecule has 5 heteroatoms. The topological polar surface area (TPSA) is 72.9 Å². The van der Waals surface area contributed by atoms with Crippen LogP contribution in [-0.4, -0.2) is 28.5 Å². The Labute approximate surface area is 106 Å². The van der Waals surface area contributed by atoms with Crippen molar-refractivity contribution in [3.05, 3.63) is 30.1 Å². The summed E-state index contributed by atoms with van der Waals surface area (Å²) in [4.78, 5) is 16.2. The molecule has 2 aromatic rings. The van der Waals surface area contributed by atoms with Crippen LogP contribution in [0.5, 0.6) is 0 Å². The number of aryl methyl sites for hydroxylation is 1. The number of nitrogens with zero attached hydrogens (tertiary/aromatic N) is 2. The Hall–Kier alpha value is -1.88. The highest BCUT2D eigenvalue weighted by molar-refractivity contribution is 5.97. The van der Waals surface area contributed by atoms with Gasteiger partial charge in [-0.1, -0.05) is 6.92 Å². The minimum atomic E-state index is -0.0807. The predicted molar refractivity (Wildman–Crippen MR) is 71.3 cm³/mol. The molecule has 1 aromatic carbocycles. The summed E-state index contributed by atoms with van der Waals surface area (Å²) >= 11 is 0. The van der Waals surface area contributed by atoms with Crippen molar-refractivity contribution in [2.75, 3.05) is 13.1 Å². The number of carbonyl (C=O) groups excluding carboxylic acids is 1. The van der Waals surface area contributed by atoms with Gasteiger partial charge in [-0.05, 0) is 30.7 Å². The van der Waals surface area contributed by atoms with E-state index >= 15 is 0 Å². The van der Waals surface area contributed by atoms with Crippen LogP contribution in [0.25, 0.3) is 11.0 Å². The molecule has 0 aliphatic rings. The van der Waals surface area contributed by atoms with Crippen LogP contribution in [0.1, 0.15) is 17.3 Å². The SMILES string of the molecule is CC(CN)CNC(=O)c1ccc2c(c1)ncn2C. The molecule has 0 radical (unpaired) electrons. The Kier molecular flexibility index (Phi) is 3.62. The Bertz CT molecular complexity index is 561. The lowest BCUT2D eigenvalue weighted by molar-refractivity contribution is 0.0948. The average molecular weight is 246 g/mol. The fourth-order valence-corrected chi connectivity index (χ4v) is 1.73. The van der Waals surface area contributed by atoms with Crippen molar-refractivity contribution in [3.63, 3.8) is 0 Å². The summed E-state index contributed by atoms with van der Waals surface area (Å²) in [5.41, 5.74) is 7.99. The molecule has 0 saturated heterocycles. The standard InChI is InChI=1S/C13H18N4O/c1-9(6-14)7-15-13(18)10-3-4-12-11(5-10)16-8-17(12)2/h3-5,8-9H,6-7,14H2,1-2H3,(H,15,18). The van der Waals surface area contributed by atoms with E-state index < -0.39 is 0 Å². The molecule has 96 valence electrons. The Morgan fingerprint density at radius 2 is 2.33 bits per heavy atom. The third-order valence-electron chi connectivity index (χ3n) is 3.00. The number of fused-ring (bicyclic) bond motifs is 1. The molecule has 1 atom stereocenters. The number of amides is 1. The van der Waals surface area contributed by atoms with Crippen LogP contribution >= 0.6 is 0 Å². The molecule has 0 aliphatic heterocycles. The van der Waals surface area contributed by atoms with E-state index in [0.29, 0.717) is 18.7 Å². The summed E-state index contributed by atoms with van der Waals surface area (Å²) in [6.45, 7) is 3.16. The fourth-order valence-electron chi connectivity index (χ4n) is 1.73. The summed E-state index contributed by atoms with van der Waals surface area (Å²) in [5.74, 6) is 0.204. The van der Waals surface area contributed by atoms with Gasteiger partial charge in [0.2, 0.25) is 0 Å². The monoisotopic (exact) mass is 246 g/mol. The van der Waals surface area contributed by atoms with Crippen molar-refractivity contribution < 1.29 is 4.79 Å². The zero-order valence-corrected chi connectivity index (χ0v) is 10.7. The van der Waals surface area contributed by atoms with Crippen molar-refractivity contribution in [2.45, 2.75) is 6.92 Å². The zero-order valence-electron chi connectivity index (χ0n) is 10.7. The minimum Gasteiger partial charge on any atom is -0.352 e. The van der Waals surface area contributed by atoms with E-state index in [1.54, 1.807) is 12.4 Å². The second-order valence-electron chi connectivity index (χ2n) is 4.61. The summed E-state index contributed by atoms with van der Waals surface area (Å²) in [6.07, 6.45) is 1.74. The van der Waals surface area contributed by atoms with Crippen LogP contribution in [0, 0.1) is 5.92 Å². The lowest BCUT2D eigenvalue weighted by Crippen LogP contribution is -2.31. The van der Waals surface area contributed by atoms with Gasteiger partial charge in [0.1, 0.15) is 0 Å². The molecule has 5 nitrogen and oxygen atoms in total. The zero-order chi connectivity index (χ0) is 13.1. The van der Waals surface area contributed by atoms with Crippen molar-refractivity contribution in [1.82, 2.24) is 14.9 Å². The molecule has 18 heavy (non-hydrogen) atoms. The van der Waals surface area contributed by atoms with Crippen molar-refractivity contribution >= 4 is 16.9 Å². The number of hydrogen-bond donors (Lipinski definition) is 2. The van der Waals surface area contributed by atoms with E-state index in [1.165, 1.54) is 0 Å². The first kappa shape index (κ1) is 12.6. The molecule has 1 heterocycles. The van der Waals surface area contributed by atoms with E-state index in [2.05, 4.69) is 10.3 Å². The molecular formula is C13H18N4O. The van der Waals surface area contributed by atoms with Gasteiger partial charge in [0.05, 0.1) is 17.4 Å². The lowest BCUT2D eigenvalue weighted by atomic mass is 10.1. The summed E-state index contributed by atoms with van der Waals surface area (Å²) in [7, 11) is 1.93. The van der Waals surface area contributed by atoms with Crippen LogP contribution in [0.4, 0.5) is 0 Å². The third-order valence-corrected chi connectivity index (χ3v) is 3.00. The molecule has 1 aromatic heterocycles. The van der Waals surface area contributed by atoms with Crippen LogP contribution < -0.4 is 11.1 Å². The first-order valence-corrected chi connectivity index (χ1v) is 6.01. The predicted octanol–water partition coefficient (Wildman–Crippen LogP) is 0.898. The molecule has 0 spiro atoms. The van der Waals surface area contributed by atoms with Crippen LogP contribution in [0.3, 0.4) is 0 Å². The number of nitrogens with one attached hydrogen (secondary N) is 1. The van der Waals surface area contributed by atoms with Gasteiger partial charge in [-0.25, -0.2) is 4.98 Å². The molecule has 0 aliphatic carbocycles. The molecule has 3 N–H and O–H groups in total. The van der Waals surface area contributed by atoms with Gasteiger partial charge in [-0.15, -0.1) is 0 Å². The van der Waals surface area contributed by atoms with Crippen LogP contribution in [0.15, 0.2) is 24.5 Å². The molecular weight excluding hydrogens is 228 g/mol. The average Bonchev–Trinajstić information content (AvgIpc) is 2.76. The summed E-state index contributed by atoms with van der Waals surface area (Å²) in [5, 5.41) is 2.87. The van der Waals surface area contributed by atoms with E-state index in [0.717, 1.165) is 11.0 Å². The van der Waals surface area contributed by atoms with E-state index in [9.17, 15) is 4.79 Å². The maximum atomic E-state index is 11.9. The van der Waals surface area contributed by atoms with Gasteiger partial charge in [0, 0.05) is 19.2 Å². The van der Waals surface area contributed by atoms with Crippen molar-refractivity contribution in [2.24, 2.45) is 18.7 Å². The molecule has 0 fully saturated rings. The number of nitrogens with two attached hydrogens (primary N) is 1. The van der Waals surface area contributed by atoms with E-state index in [1.807, 2.05) is 30.7 Å². The molecule has 1 amide bonds. The highest BCUT2D eigenvalue weighted by Crippen LogP contribution is 2.13. The second kappa shape index (κ2) is 5.18. The highest BCUT2D eigenvalue weighted by Gasteiger charge is 2.09. The first-order chi connectivity index (χ1) is 8.61. The number of rotatable bonds is 4. The third kappa shape index (κ3) is 2.51. The van der Waals surface area contributed by atoms with Crippen molar-refractivity contribution in [3.8, 4) is 0 Å². The maximum Gasteiger partial charge on any atom is 0.251 e. The highest BCUT2D eigenvalue weighted by atomic mass is 16.1. The second-order valence-corrected chi connectivity index (χ2v) is 4.61. The number of hydrogen-bond acceptors (Lipinski definition) is 3. The van der Waals surface area contributed by atoms with E-state index in [-0.39, 0.29) is 11.8 Å². The number of aromatic nitrogens is 2.